The second-order valence-electron chi connectivity index (χ2n) is 5.27. The molecule has 2 atom stereocenters. The second kappa shape index (κ2) is 4.55. The standard InChI is InChI=1S/C13H11ClF6/c1-11(5-10(11)6-14)7-2-8(12(15,16)17)4-9(3-7)13(18,19)20/h2-4,10H,5-6H2,1H3. The van der Waals surface area contributed by atoms with Crippen molar-refractivity contribution in [3.63, 3.8) is 0 Å². The molecule has 0 nitrogen and oxygen atoms in total. The highest BCUT2D eigenvalue weighted by molar-refractivity contribution is 6.18. The summed E-state index contributed by atoms with van der Waals surface area (Å²) in [6, 6.07) is 1.73. The van der Waals surface area contributed by atoms with Crippen LogP contribution in [-0.2, 0) is 17.8 Å². The van der Waals surface area contributed by atoms with Crippen molar-refractivity contribution in [3.8, 4) is 0 Å². The highest BCUT2D eigenvalue weighted by Gasteiger charge is 2.51. The van der Waals surface area contributed by atoms with Crippen molar-refractivity contribution >= 4 is 11.6 Å². The summed E-state index contributed by atoms with van der Waals surface area (Å²) in [6.45, 7) is 1.63. The molecule has 112 valence electrons. The molecule has 2 rings (SSSR count). The number of alkyl halides is 7. The summed E-state index contributed by atoms with van der Waals surface area (Å²) in [4.78, 5) is 0. The molecular weight excluding hydrogens is 306 g/mol. The van der Waals surface area contributed by atoms with Gasteiger partial charge in [-0.15, -0.1) is 11.6 Å². The average molecular weight is 317 g/mol. The number of hydrogen-bond acceptors (Lipinski definition) is 0. The average Bonchev–Trinajstić information content (AvgIpc) is 2.99. The van der Waals surface area contributed by atoms with Crippen molar-refractivity contribution < 1.29 is 26.3 Å². The van der Waals surface area contributed by atoms with Crippen molar-refractivity contribution in [2.24, 2.45) is 5.92 Å². The quantitative estimate of drug-likeness (QED) is 0.517. The Morgan fingerprint density at radius 3 is 1.80 bits per heavy atom. The third-order valence-electron chi connectivity index (χ3n) is 3.84. The number of halogens is 7. The van der Waals surface area contributed by atoms with E-state index in [0.717, 1.165) is 12.1 Å². The Hall–Kier alpha value is -0.910. The minimum absolute atomic E-state index is 0.0466. The molecule has 20 heavy (non-hydrogen) atoms. The second-order valence-corrected chi connectivity index (χ2v) is 5.58. The van der Waals surface area contributed by atoms with Gasteiger partial charge in [0.1, 0.15) is 0 Å². The van der Waals surface area contributed by atoms with Crippen LogP contribution in [0.3, 0.4) is 0 Å². The van der Waals surface area contributed by atoms with Gasteiger partial charge in [-0.05, 0) is 41.5 Å². The van der Waals surface area contributed by atoms with E-state index in [9.17, 15) is 26.3 Å². The maximum atomic E-state index is 12.7. The van der Waals surface area contributed by atoms with Crippen LogP contribution in [-0.4, -0.2) is 5.88 Å². The third kappa shape index (κ3) is 2.75. The molecule has 1 aliphatic rings. The Morgan fingerprint density at radius 2 is 1.50 bits per heavy atom. The lowest BCUT2D eigenvalue weighted by Gasteiger charge is -2.18. The van der Waals surface area contributed by atoms with Crippen LogP contribution in [0.15, 0.2) is 18.2 Å². The molecule has 1 aromatic carbocycles. The summed E-state index contributed by atoms with van der Waals surface area (Å²) in [5, 5.41) is 0. The Balaban J connectivity index is 2.53. The Kier molecular flexibility index (Phi) is 3.52. The van der Waals surface area contributed by atoms with Gasteiger partial charge < -0.3 is 0 Å². The lowest BCUT2D eigenvalue weighted by atomic mass is 9.92. The zero-order valence-electron chi connectivity index (χ0n) is 10.4. The van der Waals surface area contributed by atoms with Crippen LogP contribution < -0.4 is 0 Å². The van der Waals surface area contributed by atoms with E-state index in [1.54, 1.807) is 6.92 Å². The van der Waals surface area contributed by atoms with Crippen LogP contribution in [0.2, 0.25) is 0 Å². The fourth-order valence-corrected chi connectivity index (χ4v) is 2.77. The van der Waals surface area contributed by atoms with Gasteiger partial charge in [-0.3, -0.25) is 0 Å². The molecule has 0 heterocycles. The van der Waals surface area contributed by atoms with Crippen molar-refractivity contribution in [2.75, 3.05) is 5.88 Å². The van der Waals surface area contributed by atoms with E-state index in [4.69, 9.17) is 11.6 Å². The minimum Gasteiger partial charge on any atom is -0.166 e. The van der Waals surface area contributed by atoms with E-state index in [1.807, 2.05) is 0 Å². The molecule has 2 unspecified atom stereocenters. The first-order chi connectivity index (χ1) is 8.98. The molecule has 0 spiro atoms. The van der Waals surface area contributed by atoms with E-state index in [-0.39, 0.29) is 23.4 Å². The molecule has 0 aliphatic heterocycles. The molecule has 7 heteroatoms. The number of rotatable bonds is 2. The molecule has 1 saturated carbocycles. The van der Waals surface area contributed by atoms with Crippen LogP contribution in [0.4, 0.5) is 26.3 Å². The maximum Gasteiger partial charge on any atom is 0.416 e. The summed E-state index contributed by atoms with van der Waals surface area (Å²) in [5.74, 6) is 0.127. The Labute approximate surface area is 116 Å². The smallest absolute Gasteiger partial charge is 0.166 e. The Morgan fingerprint density at radius 1 is 1.05 bits per heavy atom. The largest absolute Gasteiger partial charge is 0.416 e. The van der Waals surface area contributed by atoms with Crippen LogP contribution >= 0.6 is 11.6 Å². The predicted molar refractivity (Wildman–Crippen MR) is 62.6 cm³/mol. The maximum absolute atomic E-state index is 12.7. The van der Waals surface area contributed by atoms with Crippen LogP contribution in [0.1, 0.15) is 30.0 Å². The van der Waals surface area contributed by atoms with Crippen LogP contribution in [0.25, 0.3) is 0 Å². The summed E-state index contributed by atoms with van der Waals surface area (Å²) in [6.07, 6.45) is -9.12. The van der Waals surface area contributed by atoms with Gasteiger partial charge in [0.2, 0.25) is 0 Å². The normalized spacial score (nSPS) is 26.7. The van der Waals surface area contributed by atoms with Crippen molar-refractivity contribution in [3.05, 3.63) is 34.9 Å². The highest BCUT2D eigenvalue weighted by atomic mass is 35.5. The minimum atomic E-state index is -4.81. The van der Waals surface area contributed by atoms with E-state index in [2.05, 4.69) is 0 Å². The fraction of sp³-hybridized carbons (Fsp3) is 0.538. The molecule has 0 saturated heterocycles. The summed E-state index contributed by atoms with van der Waals surface area (Å²) >= 11 is 5.65. The monoisotopic (exact) mass is 316 g/mol. The first-order valence-electron chi connectivity index (χ1n) is 5.84. The third-order valence-corrected chi connectivity index (χ3v) is 4.22. The molecule has 0 amide bonds. The number of hydrogen-bond donors (Lipinski definition) is 0. The topological polar surface area (TPSA) is 0 Å². The van der Waals surface area contributed by atoms with Crippen molar-refractivity contribution in [2.45, 2.75) is 31.1 Å². The van der Waals surface area contributed by atoms with Gasteiger partial charge in [0, 0.05) is 5.88 Å². The van der Waals surface area contributed by atoms with E-state index in [0.29, 0.717) is 6.42 Å². The molecule has 1 aliphatic carbocycles. The van der Waals surface area contributed by atoms with Gasteiger partial charge in [0.05, 0.1) is 11.1 Å². The summed E-state index contributed by atoms with van der Waals surface area (Å²) in [5.41, 5.74) is -3.21. The van der Waals surface area contributed by atoms with Gasteiger partial charge in [-0.25, -0.2) is 0 Å². The molecular formula is C13H11ClF6. The molecule has 1 fully saturated rings. The highest BCUT2D eigenvalue weighted by Crippen LogP contribution is 2.55. The Bertz CT molecular complexity index is 486. The summed E-state index contributed by atoms with van der Waals surface area (Å²) in [7, 11) is 0. The number of benzene rings is 1. The lowest BCUT2D eigenvalue weighted by Crippen LogP contribution is -2.15. The van der Waals surface area contributed by atoms with Gasteiger partial charge in [0.15, 0.2) is 0 Å². The SMILES string of the molecule is CC1(c2cc(C(F)(F)F)cc(C(F)(F)F)c2)CC1CCl. The zero-order chi connectivity index (χ0) is 15.3. The van der Waals surface area contributed by atoms with Crippen molar-refractivity contribution in [1.82, 2.24) is 0 Å². The molecule has 0 bridgehead atoms. The molecule has 0 N–H and O–H groups in total. The van der Waals surface area contributed by atoms with Gasteiger partial charge >= 0.3 is 12.4 Å². The van der Waals surface area contributed by atoms with Gasteiger partial charge in [-0.2, -0.15) is 26.3 Å². The van der Waals surface area contributed by atoms with Gasteiger partial charge in [0.25, 0.3) is 0 Å². The first-order valence-corrected chi connectivity index (χ1v) is 6.38. The molecule has 0 aromatic heterocycles. The van der Waals surface area contributed by atoms with Gasteiger partial charge in [-0.1, -0.05) is 6.92 Å². The van der Waals surface area contributed by atoms with Crippen LogP contribution in [0, 0.1) is 5.92 Å². The van der Waals surface area contributed by atoms with E-state index in [1.165, 1.54) is 0 Å². The fourth-order valence-electron chi connectivity index (χ4n) is 2.32. The zero-order valence-corrected chi connectivity index (χ0v) is 11.1. The predicted octanol–water partition coefficient (Wildman–Crippen LogP) is 5.24. The molecule has 0 radical (unpaired) electrons. The van der Waals surface area contributed by atoms with Crippen LogP contribution in [0.5, 0.6) is 0 Å². The first kappa shape index (κ1) is 15.5. The van der Waals surface area contributed by atoms with Crippen molar-refractivity contribution in [1.29, 1.82) is 0 Å². The molecule has 1 aromatic rings. The van der Waals surface area contributed by atoms with E-state index >= 15 is 0 Å². The van der Waals surface area contributed by atoms with E-state index < -0.39 is 28.9 Å². The summed E-state index contributed by atoms with van der Waals surface area (Å²) < 4.78 is 76.4. The lowest BCUT2D eigenvalue weighted by molar-refractivity contribution is -0.143.